The second-order valence-corrected chi connectivity index (χ2v) is 5.55. The zero-order valence-electron chi connectivity index (χ0n) is 12.9. The van der Waals surface area contributed by atoms with Crippen molar-refractivity contribution < 1.29 is 29.2 Å². The number of aliphatic hydroxyl groups excluding tert-OH is 1. The minimum absolute atomic E-state index is 0.0403. The molecule has 122 valence electrons. The fourth-order valence-corrected chi connectivity index (χ4v) is 1.96. The summed E-state index contributed by atoms with van der Waals surface area (Å²) in [6.45, 7) is 5.33. The van der Waals surface area contributed by atoms with Gasteiger partial charge in [0.15, 0.2) is 11.5 Å². The molecule has 1 aliphatic rings. The molecule has 3 N–H and O–H groups in total. The number of carbonyl (C=O) groups is 1. The lowest BCUT2D eigenvalue weighted by Crippen LogP contribution is -2.32. The van der Waals surface area contributed by atoms with Gasteiger partial charge in [-0.05, 0) is 12.5 Å². The molecule has 0 bridgehead atoms. The van der Waals surface area contributed by atoms with Crippen molar-refractivity contribution in [3.63, 3.8) is 0 Å². The maximum Gasteiger partial charge on any atom is 0.407 e. The second kappa shape index (κ2) is 6.31. The van der Waals surface area contributed by atoms with Gasteiger partial charge in [-0.3, -0.25) is 0 Å². The summed E-state index contributed by atoms with van der Waals surface area (Å²) >= 11 is 0. The Morgan fingerprint density at radius 1 is 1.36 bits per heavy atom. The minimum atomic E-state index is -0.790. The van der Waals surface area contributed by atoms with Crippen LogP contribution in [0.1, 0.15) is 32.8 Å². The number of rotatable bonds is 5. The van der Waals surface area contributed by atoms with E-state index >= 15 is 0 Å². The molecule has 0 saturated carbocycles. The van der Waals surface area contributed by atoms with E-state index in [4.69, 9.17) is 14.2 Å². The van der Waals surface area contributed by atoms with Crippen LogP contribution in [0.4, 0.5) is 4.79 Å². The highest BCUT2D eigenvalue weighted by Crippen LogP contribution is 2.42. The Kier molecular flexibility index (Phi) is 4.65. The molecule has 0 aliphatic carbocycles. The maximum absolute atomic E-state index is 11.5. The van der Waals surface area contributed by atoms with Crippen LogP contribution in [0.3, 0.4) is 0 Å². The van der Waals surface area contributed by atoms with Gasteiger partial charge in [-0.15, -0.1) is 0 Å². The summed E-state index contributed by atoms with van der Waals surface area (Å²) in [5, 5.41) is 21.7. The van der Waals surface area contributed by atoms with Gasteiger partial charge in [0, 0.05) is 32.0 Å². The molecule has 2 rings (SSSR count). The van der Waals surface area contributed by atoms with Crippen molar-refractivity contribution in [2.24, 2.45) is 0 Å². The lowest BCUT2D eigenvalue weighted by atomic mass is 10.2. The fraction of sp³-hybridized carbons (Fsp3) is 0.533. The summed E-state index contributed by atoms with van der Waals surface area (Å²) in [6.07, 6.45) is -0.724. The number of nitrogens with one attached hydrogen (secondary N) is 1. The van der Waals surface area contributed by atoms with Crippen molar-refractivity contribution in [2.45, 2.75) is 45.7 Å². The number of alkyl carbamates (subject to hydrolysis) is 1. The van der Waals surface area contributed by atoms with E-state index in [1.54, 1.807) is 19.9 Å². The van der Waals surface area contributed by atoms with Crippen molar-refractivity contribution in [3.05, 3.63) is 17.7 Å². The number of benzene rings is 1. The molecule has 0 unspecified atom stereocenters. The topological polar surface area (TPSA) is 97.3 Å². The number of amides is 1. The number of fused-ring (bicyclic) bond motifs is 1. The lowest BCUT2D eigenvalue weighted by Gasteiger charge is -2.16. The zero-order valence-corrected chi connectivity index (χ0v) is 12.9. The Morgan fingerprint density at radius 2 is 2.00 bits per heavy atom. The van der Waals surface area contributed by atoms with Crippen LogP contribution in [-0.4, -0.2) is 34.7 Å². The predicted molar refractivity (Wildman–Crippen MR) is 77.9 cm³/mol. The van der Waals surface area contributed by atoms with Crippen LogP contribution in [0, 0.1) is 0 Å². The molecule has 1 aliphatic heterocycles. The first-order valence-electron chi connectivity index (χ1n) is 7.13. The quantitative estimate of drug-likeness (QED) is 0.768. The van der Waals surface area contributed by atoms with Crippen molar-refractivity contribution in [2.75, 3.05) is 6.54 Å². The number of hydrogen-bond acceptors (Lipinski definition) is 6. The van der Waals surface area contributed by atoms with E-state index in [2.05, 4.69) is 5.32 Å². The van der Waals surface area contributed by atoms with Gasteiger partial charge in [-0.1, -0.05) is 6.92 Å². The molecule has 1 aromatic rings. The maximum atomic E-state index is 11.5. The number of ether oxygens (including phenoxy) is 3. The van der Waals surface area contributed by atoms with E-state index in [1.165, 1.54) is 6.07 Å². The second-order valence-electron chi connectivity index (χ2n) is 5.55. The van der Waals surface area contributed by atoms with Crippen LogP contribution < -0.4 is 14.8 Å². The molecule has 7 nitrogen and oxygen atoms in total. The first-order chi connectivity index (χ1) is 10.3. The molecule has 0 aromatic heterocycles. The Balaban J connectivity index is 1.93. The number of hydrogen-bond donors (Lipinski definition) is 3. The summed E-state index contributed by atoms with van der Waals surface area (Å²) in [4.78, 5) is 11.5. The summed E-state index contributed by atoms with van der Waals surface area (Å²) in [5.41, 5.74) is 0.409. The van der Waals surface area contributed by atoms with Crippen LogP contribution in [0.5, 0.6) is 17.2 Å². The summed E-state index contributed by atoms with van der Waals surface area (Å²) in [6, 6.07) is 3.01. The molecule has 0 saturated heterocycles. The first-order valence-corrected chi connectivity index (χ1v) is 7.13. The third-order valence-corrected chi connectivity index (χ3v) is 3.17. The molecule has 1 amide bonds. The van der Waals surface area contributed by atoms with Crippen molar-refractivity contribution in [3.8, 4) is 17.2 Å². The minimum Gasteiger partial charge on any atom is -0.507 e. The Labute approximate surface area is 128 Å². The van der Waals surface area contributed by atoms with Gasteiger partial charge in [0.1, 0.15) is 12.4 Å². The SMILES string of the molecule is CC[C@H](O)CNC(=O)OCc1cc2c(cc1O)OC(C)(C)O2. The number of phenols is 1. The predicted octanol–water partition coefficient (Wildman–Crippen LogP) is 1.90. The molecule has 0 fully saturated rings. The van der Waals surface area contributed by atoms with Crippen molar-refractivity contribution >= 4 is 6.09 Å². The van der Waals surface area contributed by atoms with Gasteiger partial charge in [0.05, 0.1) is 6.10 Å². The Morgan fingerprint density at radius 3 is 2.64 bits per heavy atom. The molecule has 1 atom stereocenters. The third-order valence-electron chi connectivity index (χ3n) is 3.17. The van der Waals surface area contributed by atoms with Crippen LogP contribution in [0.15, 0.2) is 12.1 Å². The molecular formula is C15H21NO6. The molecule has 22 heavy (non-hydrogen) atoms. The van der Waals surface area contributed by atoms with Gasteiger partial charge >= 0.3 is 6.09 Å². The van der Waals surface area contributed by atoms with Crippen molar-refractivity contribution in [1.29, 1.82) is 0 Å². The van der Waals surface area contributed by atoms with Gasteiger partial charge in [0.25, 0.3) is 0 Å². The summed E-state index contributed by atoms with van der Waals surface area (Å²) in [7, 11) is 0. The standard InChI is InChI=1S/C15H21NO6/c1-4-10(17)7-16-14(19)20-8-9-5-12-13(6-11(9)18)22-15(2,3)21-12/h5-6,10,17-18H,4,7-8H2,1-3H3,(H,16,19)/t10-/m0/s1. The first kappa shape index (κ1) is 16.2. The van der Waals surface area contributed by atoms with E-state index in [9.17, 15) is 15.0 Å². The lowest BCUT2D eigenvalue weighted by molar-refractivity contribution is -0.0432. The molecule has 1 heterocycles. The Hall–Kier alpha value is -2.15. The fourth-order valence-electron chi connectivity index (χ4n) is 1.96. The largest absolute Gasteiger partial charge is 0.507 e. The number of carbonyl (C=O) groups excluding carboxylic acids is 1. The molecule has 0 spiro atoms. The van der Waals surface area contributed by atoms with Crippen LogP contribution in [-0.2, 0) is 11.3 Å². The zero-order chi connectivity index (χ0) is 16.3. The molecular weight excluding hydrogens is 290 g/mol. The van der Waals surface area contributed by atoms with Gasteiger partial charge in [0.2, 0.25) is 5.79 Å². The number of aliphatic hydroxyl groups is 1. The highest BCUT2D eigenvalue weighted by atomic mass is 16.7. The van der Waals surface area contributed by atoms with E-state index < -0.39 is 18.0 Å². The number of aromatic hydroxyl groups is 1. The van der Waals surface area contributed by atoms with E-state index in [-0.39, 0.29) is 18.9 Å². The molecule has 0 radical (unpaired) electrons. The average Bonchev–Trinajstić information content (AvgIpc) is 2.74. The van der Waals surface area contributed by atoms with E-state index in [0.717, 1.165) is 0 Å². The van der Waals surface area contributed by atoms with Crippen LogP contribution in [0.2, 0.25) is 0 Å². The van der Waals surface area contributed by atoms with Gasteiger partial charge < -0.3 is 29.7 Å². The molecule has 1 aromatic carbocycles. The third kappa shape index (κ3) is 3.94. The van der Waals surface area contributed by atoms with E-state index in [0.29, 0.717) is 23.5 Å². The summed E-state index contributed by atoms with van der Waals surface area (Å²) in [5.74, 6) is 0.105. The summed E-state index contributed by atoms with van der Waals surface area (Å²) < 4.78 is 16.1. The van der Waals surface area contributed by atoms with Crippen LogP contribution >= 0.6 is 0 Å². The smallest absolute Gasteiger partial charge is 0.407 e. The highest BCUT2D eigenvalue weighted by Gasteiger charge is 2.32. The highest BCUT2D eigenvalue weighted by molar-refractivity contribution is 5.67. The Bertz CT molecular complexity index is 557. The normalized spacial score (nSPS) is 16.2. The monoisotopic (exact) mass is 311 g/mol. The molecule has 7 heteroatoms. The number of phenolic OH excluding ortho intramolecular Hbond substituents is 1. The van der Waals surface area contributed by atoms with E-state index in [1.807, 2.05) is 6.92 Å². The average molecular weight is 311 g/mol. The van der Waals surface area contributed by atoms with Gasteiger partial charge in [-0.25, -0.2) is 4.79 Å². The van der Waals surface area contributed by atoms with Gasteiger partial charge in [-0.2, -0.15) is 0 Å². The van der Waals surface area contributed by atoms with Crippen LogP contribution in [0.25, 0.3) is 0 Å². The van der Waals surface area contributed by atoms with Crippen molar-refractivity contribution in [1.82, 2.24) is 5.32 Å².